The van der Waals surface area contributed by atoms with Crippen LogP contribution in [-0.4, -0.2) is 19.6 Å². The average molecular weight is 270 g/mol. The standard InChI is InChI=1S/C17H10N4/c1-2-6-14-11(4-1)10-15-16-12(5-3-8-18-16)13-7-9-19-20-17(13)21(14)15/h1-10H. The summed E-state index contributed by atoms with van der Waals surface area (Å²) in [5, 5.41) is 11.8. The molecule has 0 saturated heterocycles. The van der Waals surface area contributed by atoms with E-state index in [0.29, 0.717) is 0 Å². The van der Waals surface area contributed by atoms with Crippen molar-refractivity contribution in [2.45, 2.75) is 0 Å². The van der Waals surface area contributed by atoms with Crippen LogP contribution in [0.5, 0.6) is 0 Å². The Hall–Kier alpha value is -3.01. The second-order valence-electron chi connectivity index (χ2n) is 5.09. The van der Waals surface area contributed by atoms with E-state index in [-0.39, 0.29) is 0 Å². The highest BCUT2D eigenvalue weighted by atomic mass is 15.1. The molecule has 0 unspecified atom stereocenters. The molecule has 0 atom stereocenters. The summed E-state index contributed by atoms with van der Waals surface area (Å²) in [5.74, 6) is 0. The molecule has 0 radical (unpaired) electrons. The third kappa shape index (κ3) is 1.31. The topological polar surface area (TPSA) is 43.1 Å². The second kappa shape index (κ2) is 3.76. The van der Waals surface area contributed by atoms with Crippen molar-refractivity contribution in [3.63, 3.8) is 0 Å². The molecule has 21 heavy (non-hydrogen) atoms. The van der Waals surface area contributed by atoms with Gasteiger partial charge in [-0.15, -0.1) is 5.10 Å². The number of aromatic nitrogens is 4. The van der Waals surface area contributed by atoms with Crippen LogP contribution < -0.4 is 0 Å². The van der Waals surface area contributed by atoms with Gasteiger partial charge in [-0.25, -0.2) is 0 Å². The van der Waals surface area contributed by atoms with E-state index in [4.69, 9.17) is 0 Å². The lowest BCUT2D eigenvalue weighted by molar-refractivity contribution is 1.04. The summed E-state index contributed by atoms with van der Waals surface area (Å²) in [5.41, 5.74) is 4.06. The number of para-hydroxylation sites is 1. The minimum atomic E-state index is 0.870. The van der Waals surface area contributed by atoms with Crippen LogP contribution in [0.2, 0.25) is 0 Å². The van der Waals surface area contributed by atoms with E-state index < -0.39 is 0 Å². The zero-order valence-corrected chi connectivity index (χ0v) is 11.1. The fourth-order valence-electron chi connectivity index (χ4n) is 3.08. The maximum Gasteiger partial charge on any atom is 0.168 e. The molecule has 98 valence electrons. The zero-order valence-electron chi connectivity index (χ0n) is 11.1. The number of fused-ring (bicyclic) bond motifs is 8. The summed E-state index contributed by atoms with van der Waals surface area (Å²) in [6.45, 7) is 0. The van der Waals surface area contributed by atoms with Crippen molar-refractivity contribution in [1.82, 2.24) is 19.6 Å². The van der Waals surface area contributed by atoms with Gasteiger partial charge >= 0.3 is 0 Å². The van der Waals surface area contributed by atoms with Crippen LogP contribution in [0, 0.1) is 0 Å². The van der Waals surface area contributed by atoms with Crippen LogP contribution in [-0.2, 0) is 0 Å². The highest BCUT2D eigenvalue weighted by molar-refractivity contribution is 6.12. The molecule has 0 aliphatic carbocycles. The van der Waals surface area contributed by atoms with Gasteiger partial charge in [0.15, 0.2) is 5.65 Å². The Morgan fingerprint density at radius 3 is 2.76 bits per heavy atom. The third-order valence-corrected chi connectivity index (χ3v) is 3.96. The number of hydrogen-bond donors (Lipinski definition) is 0. The first-order chi connectivity index (χ1) is 10.4. The lowest BCUT2D eigenvalue weighted by atomic mass is 10.1. The molecular weight excluding hydrogens is 260 g/mol. The van der Waals surface area contributed by atoms with Gasteiger partial charge in [0.2, 0.25) is 0 Å². The van der Waals surface area contributed by atoms with E-state index in [9.17, 15) is 0 Å². The first-order valence-corrected chi connectivity index (χ1v) is 6.82. The van der Waals surface area contributed by atoms with E-state index in [2.05, 4.69) is 43.8 Å². The van der Waals surface area contributed by atoms with Gasteiger partial charge in [-0.3, -0.25) is 9.38 Å². The molecule has 0 aliphatic heterocycles. The average Bonchev–Trinajstić information content (AvgIpc) is 2.95. The largest absolute Gasteiger partial charge is 0.290 e. The van der Waals surface area contributed by atoms with E-state index in [1.807, 2.05) is 30.5 Å². The molecule has 1 aromatic carbocycles. The van der Waals surface area contributed by atoms with Crippen molar-refractivity contribution in [2.24, 2.45) is 0 Å². The number of nitrogens with zero attached hydrogens (tertiary/aromatic N) is 4. The van der Waals surface area contributed by atoms with Crippen molar-refractivity contribution in [1.29, 1.82) is 0 Å². The summed E-state index contributed by atoms with van der Waals surface area (Å²) in [7, 11) is 0. The molecule has 4 heteroatoms. The molecule has 4 heterocycles. The molecule has 5 rings (SSSR count). The molecule has 0 saturated carbocycles. The Kier molecular flexibility index (Phi) is 1.92. The van der Waals surface area contributed by atoms with Crippen LogP contribution >= 0.6 is 0 Å². The van der Waals surface area contributed by atoms with Gasteiger partial charge in [0.25, 0.3) is 0 Å². The predicted molar refractivity (Wildman–Crippen MR) is 83.3 cm³/mol. The van der Waals surface area contributed by atoms with Crippen LogP contribution in [0.15, 0.2) is 60.9 Å². The second-order valence-corrected chi connectivity index (χ2v) is 5.09. The predicted octanol–water partition coefficient (Wildman–Crippen LogP) is 3.58. The van der Waals surface area contributed by atoms with Crippen molar-refractivity contribution in [2.75, 3.05) is 0 Å². The van der Waals surface area contributed by atoms with Crippen LogP contribution in [0.1, 0.15) is 0 Å². The van der Waals surface area contributed by atoms with E-state index in [0.717, 1.165) is 33.0 Å². The summed E-state index contributed by atoms with van der Waals surface area (Å²) in [4.78, 5) is 4.59. The number of hydrogen-bond acceptors (Lipinski definition) is 3. The quantitative estimate of drug-likeness (QED) is 0.404. The zero-order chi connectivity index (χ0) is 13.8. The SMILES string of the molecule is c1ccc2c(c1)cc1c3ncccc3c3ccnnc3n21. The van der Waals surface area contributed by atoms with E-state index >= 15 is 0 Å². The Bertz CT molecular complexity index is 1140. The lowest BCUT2D eigenvalue weighted by Gasteiger charge is -2.07. The molecule has 0 spiro atoms. The normalized spacial score (nSPS) is 11.8. The smallest absolute Gasteiger partial charge is 0.168 e. The summed E-state index contributed by atoms with van der Waals surface area (Å²) < 4.78 is 2.15. The van der Waals surface area contributed by atoms with Crippen molar-refractivity contribution >= 4 is 38.4 Å². The maximum atomic E-state index is 4.59. The highest BCUT2D eigenvalue weighted by Crippen LogP contribution is 2.31. The third-order valence-electron chi connectivity index (χ3n) is 3.96. The summed E-state index contributed by atoms with van der Waals surface area (Å²) in [6.07, 6.45) is 3.56. The Morgan fingerprint density at radius 1 is 0.810 bits per heavy atom. The fraction of sp³-hybridized carbons (Fsp3) is 0. The summed E-state index contributed by atoms with van der Waals surface area (Å²) in [6, 6.07) is 16.5. The van der Waals surface area contributed by atoms with Gasteiger partial charge in [-0.1, -0.05) is 24.3 Å². The molecule has 0 amide bonds. The Labute approximate surface area is 119 Å². The van der Waals surface area contributed by atoms with E-state index in [1.54, 1.807) is 6.20 Å². The van der Waals surface area contributed by atoms with Crippen molar-refractivity contribution in [3.05, 3.63) is 60.9 Å². The van der Waals surface area contributed by atoms with Gasteiger partial charge in [0, 0.05) is 22.4 Å². The van der Waals surface area contributed by atoms with Gasteiger partial charge in [0.05, 0.1) is 22.7 Å². The van der Waals surface area contributed by atoms with Crippen LogP contribution in [0.25, 0.3) is 38.4 Å². The molecular formula is C17H10N4. The minimum Gasteiger partial charge on any atom is -0.290 e. The molecule has 4 aromatic heterocycles. The molecule has 0 fully saturated rings. The monoisotopic (exact) mass is 270 g/mol. The van der Waals surface area contributed by atoms with Gasteiger partial charge < -0.3 is 0 Å². The number of pyridine rings is 2. The van der Waals surface area contributed by atoms with Gasteiger partial charge in [-0.05, 0) is 24.3 Å². The minimum absolute atomic E-state index is 0.870. The number of benzene rings is 1. The first-order valence-electron chi connectivity index (χ1n) is 6.82. The van der Waals surface area contributed by atoms with Crippen LogP contribution in [0.4, 0.5) is 0 Å². The van der Waals surface area contributed by atoms with Gasteiger partial charge in [0.1, 0.15) is 0 Å². The Balaban J connectivity index is 2.25. The molecule has 0 N–H and O–H groups in total. The van der Waals surface area contributed by atoms with Crippen LogP contribution in [0.3, 0.4) is 0 Å². The van der Waals surface area contributed by atoms with Gasteiger partial charge in [-0.2, -0.15) is 5.10 Å². The molecule has 5 aromatic rings. The highest BCUT2D eigenvalue weighted by Gasteiger charge is 2.13. The summed E-state index contributed by atoms with van der Waals surface area (Å²) >= 11 is 0. The lowest BCUT2D eigenvalue weighted by Crippen LogP contribution is -1.95. The maximum absolute atomic E-state index is 4.59. The molecule has 4 nitrogen and oxygen atoms in total. The van der Waals surface area contributed by atoms with Crippen molar-refractivity contribution < 1.29 is 0 Å². The first kappa shape index (κ1) is 10.7. The van der Waals surface area contributed by atoms with Crippen molar-refractivity contribution in [3.8, 4) is 0 Å². The van der Waals surface area contributed by atoms with E-state index in [1.165, 1.54) is 5.39 Å². The fourth-order valence-corrected chi connectivity index (χ4v) is 3.08. The molecule has 0 bridgehead atoms. The number of rotatable bonds is 0. The Morgan fingerprint density at radius 2 is 1.76 bits per heavy atom. The molecule has 0 aliphatic rings.